The third kappa shape index (κ3) is 4.28. The smallest absolute Gasteiger partial charge is 0.290 e. The van der Waals surface area contributed by atoms with Crippen LogP contribution in [0.3, 0.4) is 0 Å². The van der Waals surface area contributed by atoms with Gasteiger partial charge in [-0.25, -0.2) is 4.68 Å². The zero-order valence-corrected chi connectivity index (χ0v) is 17.3. The zero-order valence-electron chi connectivity index (χ0n) is 17.3. The highest BCUT2D eigenvalue weighted by Crippen LogP contribution is 2.25. The number of hydrogen-bond acceptors (Lipinski definition) is 5. The van der Waals surface area contributed by atoms with Crippen LogP contribution in [0.1, 0.15) is 52.6 Å². The van der Waals surface area contributed by atoms with Gasteiger partial charge in [-0.3, -0.25) is 25.2 Å². The molecular formula is C23H24N4O4. The Morgan fingerprint density at radius 2 is 1.84 bits per heavy atom. The van der Waals surface area contributed by atoms with Gasteiger partial charge in [0.25, 0.3) is 17.4 Å². The van der Waals surface area contributed by atoms with Crippen molar-refractivity contribution in [3.8, 4) is 5.75 Å². The maximum absolute atomic E-state index is 12.9. The molecule has 1 aliphatic heterocycles. The molecule has 2 heterocycles. The van der Waals surface area contributed by atoms with E-state index in [9.17, 15) is 14.4 Å². The third-order valence-corrected chi connectivity index (χ3v) is 5.30. The quantitative estimate of drug-likeness (QED) is 0.471. The fourth-order valence-electron chi connectivity index (χ4n) is 3.64. The average Bonchev–Trinajstić information content (AvgIpc) is 3.27. The summed E-state index contributed by atoms with van der Waals surface area (Å²) in [6, 6.07) is 12.0. The molecule has 31 heavy (non-hydrogen) atoms. The molecule has 0 atom stereocenters. The van der Waals surface area contributed by atoms with Gasteiger partial charge in [0, 0.05) is 23.9 Å². The Balaban J connectivity index is 1.54. The monoisotopic (exact) mass is 420 g/mol. The lowest BCUT2D eigenvalue weighted by molar-refractivity contribution is 0.0843. The summed E-state index contributed by atoms with van der Waals surface area (Å²) in [4.78, 5) is 38.1. The Bertz CT molecular complexity index is 1200. The summed E-state index contributed by atoms with van der Waals surface area (Å²) in [5.41, 5.74) is 6.11. The van der Waals surface area contributed by atoms with Crippen molar-refractivity contribution in [2.45, 2.75) is 39.2 Å². The molecule has 0 bridgehead atoms. The van der Waals surface area contributed by atoms with Gasteiger partial charge >= 0.3 is 0 Å². The van der Waals surface area contributed by atoms with E-state index in [0.717, 1.165) is 37.0 Å². The molecule has 0 spiro atoms. The second kappa shape index (κ2) is 8.99. The summed E-state index contributed by atoms with van der Waals surface area (Å²) in [6.45, 7) is 3.11. The number of amides is 2. The van der Waals surface area contributed by atoms with Crippen LogP contribution in [0.2, 0.25) is 0 Å². The fraction of sp³-hybridized carbons (Fsp3) is 0.304. The van der Waals surface area contributed by atoms with E-state index in [4.69, 9.17) is 4.74 Å². The molecule has 2 amide bonds. The van der Waals surface area contributed by atoms with E-state index in [1.807, 2.05) is 0 Å². The van der Waals surface area contributed by atoms with Crippen LogP contribution >= 0.6 is 0 Å². The summed E-state index contributed by atoms with van der Waals surface area (Å²) in [7, 11) is 0. The van der Waals surface area contributed by atoms with Gasteiger partial charge in [-0.2, -0.15) is 5.10 Å². The van der Waals surface area contributed by atoms with Gasteiger partial charge in [0.2, 0.25) is 0 Å². The summed E-state index contributed by atoms with van der Waals surface area (Å²) >= 11 is 0. The van der Waals surface area contributed by atoms with E-state index in [2.05, 4.69) is 22.9 Å². The third-order valence-electron chi connectivity index (χ3n) is 5.30. The maximum atomic E-state index is 12.9. The lowest BCUT2D eigenvalue weighted by Gasteiger charge is -2.12. The van der Waals surface area contributed by atoms with Crippen LogP contribution in [0.25, 0.3) is 10.8 Å². The highest BCUT2D eigenvalue weighted by atomic mass is 16.5. The Labute approximate surface area is 179 Å². The van der Waals surface area contributed by atoms with Crippen molar-refractivity contribution in [3.05, 3.63) is 69.6 Å². The van der Waals surface area contributed by atoms with Crippen LogP contribution < -0.4 is 21.1 Å². The van der Waals surface area contributed by atoms with Crippen LogP contribution in [0.5, 0.6) is 5.75 Å². The van der Waals surface area contributed by atoms with Crippen molar-refractivity contribution in [2.24, 2.45) is 0 Å². The number of nitrogens with zero attached hydrogens (tertiary/aromatic N) is 2. The largest absolute Gasteiger partial charge is 0.493 e. The van der Waals surface area contributed by atoms with Crippen LogP contribution in [-0.4, -0.2) is 28.2 Å². The number of hydrazine groups is 1. The second-order valence-electron chi connectivity index (χ2n) is 7.46. The number of hydrogen-bond donors (Lipinski definition) is 2. The first-order valence-corrected chi connectivity index (χ1v) is 10.4. The average molecular weight is 420 g/mol. The molecule has 2 aromatic carbocycles. The number of nitrogens with one attached hydrogen (secondary N) is 2. The molecule has 0 saturated carbocycles. The van der Waals surface area contributed by atoms with E-state index in [1.165, 1.54) is 4.68 Å². The van der Waals surface area contributed by atoms with Crippen molar-refractivity contribution in [3.63, 3.8) is 0 Å². The molecule has 0 aliphatic carbocycles. The lowest BCUT2D eigenvalue weighted by Crippen LogP contribution is -2.42. The lowest BCUT2D eigenvalue weighted by atomic mass is 10.1. The highest BCUT2D eigenvalue weighted by molar-refractivity contribution is 6.06. The Morgan fingerprint density at radius 3 is 2.65 bits per heavy atom. The molecule has 1 aromatic heterocycles. The summed E-state index contributed by atoms with van der Waals surface area (Å²) in [5.74, 6) is -0.247. The van der Waals surface area contributed by atoms with Crippen molar-refractivity contribution in [1.29, 1.82) is 0 Å². The minimum absolute atomic E-state index is 0.0920. The van der Waals surface area contributed by atoms with Crippen molar-refractivity contribution in [1.82, 2.24) is 20.6 Å². The van der Waals surface area contributed by atoms with Gasteiger partial charge in [-0.15, -0.1) is 0 Å². The Morgan fingerprint density at radius 1 is 1.06 bits per heavy atom. The number of carbonyl (C=O) groups is 2. The van der Waals surface area contributed by atoms with Gasteiger partial charge < -0.3 is 4.74 Å². The van der Waals surface area contributed by atoms with Crippen molar-refractivity contribution in [2.75, 3.05) is 6.61 Å². The highest BCUT2D eigenvalue weighted by Gasteiger charge is 2.19. The number of aryl methyl sites for hydroxylation is 1. The standard InChI is InChI=1S/C23H24N4O4/c1-2-3-6-12-27-23(30)18-8-5-4-7-17(18)20(26-27)22(29)25-24-21(28)16-9-10-19-15(14-16)11-13-31-19/h4-5,7-10,14H,2-3,6,11-13H2,1H3,(H,24,28)(H,25,29). The van der Waals surface area contributed by atoms with Gasteiger partial charge in [-0.05, 0) is 36.2 Å². The molecule has 3 aromatic rings. The molecule has 0 unspecified atom stereocenters. The summed E-state index contributed by atoms with van der Waals surface area (Å²) in [5, 5.41) is 5.16. The van der Waals surface area contributed by atoms with E-state index < -0.39 is 11.8 Å². The Hall–Kier alpha value is -3.68. The van der Waals surface area contributed by atoms with Crippen LogP contribution in [0.15, 0.2) is 47.3 Å². The van der Waals surface area contributed by atoms with Crippen LogP contribution in [0, 0.1) is 0 Å². The van der Waals surface area contributed by atoms with E-state index in [1.54, 1.807) is 42.5 Å². The van der Waals surface area contributed by atoms with Gasteiger partial charge in [0.15, 0.2) is 5.69 Å². The number of benzene rings is 2. The van der Waals surface area contributed by atoms with Gasteiger partial charge in [0.05, 0.1) is 12.0 Å². The van der Waals surface area contributed by atoms with Crippen molar-refractivity contribution >= 4 is 22.6 Å². The molecule has 1 aliphatic rings. The summed E-state index contributed by atoms with van der Waals surface area (Å²) < 4.78 is 6.78. The van der Waals surface area contributed by atoms with Crippen molar-refractivity contribution < 1.29 is 14.3 Å². The molecule has 8 nitrogen and oxygen atoms in total. The number of aromatic nitrogens is 2. The molecule has 0 saturated heterocycles. The molecule has 0 radical (unpaired) electrons. The van der Waals surface area contributed by atoms with Crippen LogP contribution in [-0.2, 0) is 13.0 Å². The minimum atomic E-state index is -0.585. The first-order chi connectivity index (χ1) is 15.1. The number of rotatable bonds is 6. The molecule has 2 N–H and O–H groups in total. The number of unbranched alkanes of at least 4 members (excludes halogenated alkanes) is 2. The normalized spacial score (nSPS) is 12.3. The minimum Gasteiger partial charge on any atom is -0.493 e. The SMILES string of the molecule is CCCCCn1nc(C(=O)NNC(=O)c2ccc3c(c2)CCO3)c2ccccc2c1=O. The van der Waals surface area contributed by atoms with E-state index >= 15 is 0 Å². The number of carbonyl (C=O) groups excluding carboxylic acids is 2. The van der Waals surface area contributed by atoms with E-state index in [0.29, 0.717) is 29.5 Å². The predicted molar refractivity (Wildman–Crippen MR) is 116 cm³/mol. The molecular weight excluding hydrogens is 396 g/mol. The van der Waals surface area contributed by atoms with E-state index in [-0.39, 0.29) is 11.3 Å². The first kappa shape index (κ1) is 20.6. The van der Waals surface area contributed by atoms with Gasteiger partial charge in [-0.1, -0.05) is 38.0 Å². The number of fused-ring (bicyclic) bond motifs is 2. The molecule has 8 heteroatoms. The topological polar surface area (TPSA) is 102 Å². The predicted octanol–water partition coefficient (Wildman–Crippen LogP) is 2.60. The number of ether oxygens (including phenoxy) is 1. The molecule has 4 rings (SSSR count). The van der Waals surface area contributed by atoms with Crippen LogP contribution in [0.4, 0.5) is 0 Å². The summed E-state index contributed by atoms with van der Waals surface area (Å²) in [6.07, 6.45) is 3.51. The fourth-order valence-corrected chi connectivity index (χ4v) is 3.64. The second-order valence-corrected chi connectivity index (χ2v) is 7.46. The van der Waals surface area contributed by atoms with Gasteiger partial charge in [0.1, 0.15) is 5.75 Å². The Kier molecular flexibility index (Phi) is 5.97. The first-order valence-electron chi connectivity index (χ1n) is 10.4. The maximum Gasteiger partial charge on any atom is 0.290 e. The molecule has 0 fully saturated rings. The molecule has 160 valence electrons. The zero-order chi connectivity index (χ0) is 21.8.